The van der Waals surface area contributed by atoms with E-state index in [9.17, 15) is 4.79 Å². The first-order valence-electron chi connectivity index (χ1n) is 9.99. The second-order valence-electron chi connectivity index (χ2n) is 7.89. The molecule has 11 heteroatoms. The Morgan fingerprint density at radius 3 is 2.45 bits per heavy atom. The molecule has 0 bridgehead atoms. The second-order valence-corrected chi connectivity index (χ2v) is 7.89. The number of carbonyl (C=O) groups excluding carboxylic acids is 1. The van der Waals surface area contributed by atoms with Crippen LogP contribution < -0.4 is 16.1 Å². The van der Waals surface area contributed by atoms with Gasteiger partial charge in [0.15, 0.2) is 11.5 Å². The number of nitrogens with zero attached hydrogens (tertiary/aromatic N) is 7. The molecule has 2 aromatic heterocycles. The number of aromatic nitrogens is 5. The number of hydrogen-bond donors (Lipinski definition) is 2. The maximum Gasteiger partial charge on any atom is 0.295 e. The quantitative estimate of drug-likeness (QED) is 0.433. The van der Waals surface area contributed by atoms with Crippen LogP contribution in [0.5, 0.6) is 0 Å². The molecule has 0 aliphatic rings. The molecule has 0 saturated carbocycles. The molecule has 0 saturated heterocycles. The van der Waals surface area contributed by atoms with E-state index in [-0.39, 0.29) is 22.7 Å². The van der Waals surface area contributed by atoms with Gasteiger partial charge in [-0.3, -0.25) is 4.79 Å². The molecule has 31 heavy (non-hydrogen) atoms. The Morgan fingerprint density at radius 1 is 1.23 bits per heavy atom. The zero-order chi connectivity index (χ0) is 22.6. The third-order valence-corrected chi connectivity index (χ3v) is 4.78. The number of benzene rings is 1. The van der Waals surface area contributed by atoms with Crippen molar-refractivity contribution in [3.63, 3.8) is 0 Å². The zero-order valence-electron chi connectivity index (χ0n) is 18.3. The van der Waals surface area contributed by atoms with Crippen molar-refractivity contribution in [2.45, 2.75) is 40.0 Å². The van der Waals surface area contributed by atoms with Crippen LogP contribution >= 0.6 is 0 Å². The molecule has 0 unspecified atom stereocenters. The van der Waals surface area contributed by atoms with Gasteiger partial charge in [-0.1, -0.05) is 50.3 Å². The molecular weight excluding hydrogens is 398 g/mol. The Hall–Kier alpha value is -3.76. The lowest BCUT2D eigenvalue weighted by atomic mass is 9.87. The van der Waals surface area contributed by atoms with Gasteiger partial charge in [-0.05, 0) is 40.7 Å². The average Bonchev–Trinajstić information content (AvgIpc) is 3.35. The van der Waals surface area contributed by atoms with Gasteiger partial charge in [-0.15, -0.1) is 5.10 Å². The number of rotatable bonds is 7. The lowest BCUT2D eigenvalue weighted by molar-refractivity contribution is 0.0950. The van der Waals surface area contributed by atoms with E-state index in [4.69, 9.17) is 5.73 Å². The topological polar surface area (TPSA) is 140 Å². The van der Waals surface area contributed by atoms with Crippen LogP contribution in [-0.4, -0.2) is 50.5 Å². The highest BCUT2D eigenvalue weighted by molar-refractivity contribution is 5.97. The van der Waals surface area contributed by atoms with Crippen molar-refractivity contribution in [3.8, 4) is 5.82 Å². The monoisotopic (exact) mass is 425 g/mol. The zero-order valence-corrected chi connectivity index (χ0v) is 18.3. The molecule has 11 nitrogen and oxygen atoms in total. The first kappa shape index (κ1) is 21.9. The minimum absolute atomic E-state index is 0.0435. The molecule has 2 heterocycles. The van der Waals surface area contributed by atoms with Crippen molar-refractivity contribution in [2.75, 3.05) is 23.7 Å². The number of carbonyl (C=O) groups is 1. The lowest BCUT2D eigenvalue weighted by Gasteiger charge is -2.21. The van der Waals surface area contributed by atoms with Gasteiger partial charge < -0.3 is 10.6 Å². The Bertz CT molecular complexity index is 1060. The van der Waals surface area contributed by atoms with Gasteiger partial charge in [0.1, 0.15) is 0 Å². The smallest absolute Gasteiger partial charge is 0.295 e. The van der Waals surface area contributed by atoms with Crippen molar-refractivity contribution in [1.29, 1.82) is 0 Å². The van der Waals surface area contributed by atoms with Crippen LogP contribution in [0.25, 0.3) is 5.82 Å². The van der Waals surface area contributed by atoms with E-state index in [0.717, 1.165) is 5.56 Å². The molecular formula is C20H27N9O2. The van der Waals surface area contributed by atoms with E-state index in [2.05, 4.69) is 56.6 Å². The number of anilines is 2. The molecule has 0 aliphatic heterocycles. The third-order valence-electron chi connectivity index (χ3n) is 4.78. The summed E-state index contributed by atoms with van der Waals surface area (Å²) in [4.78, 5) is 14.7. The summed E-state index contributed by atoms with van der Waals surface area (Å²) >= 11 is 0. The summed E-state index contributed by atoms with van der Waals surface area (Å²) in [5.74, 6) is 0.123. The van der Waals surface area contributed by atoms with E-state index in [1.165, 1.54) is 10.2 Å². The molecule has 3 rings (SSSR count). The van der Waals surface area contributed by atoms with Crippen LogP contribution in [0.2, 0.25) is 0 Å². The number of amides is 1. The van der Waals surface area contributed by atoms with Gasteiger partial charge in [0, 0.05) is 13.1 Å². The van der Waals surface area contributed by atoms with Gasteiger partial charge in [-0.25, -0.2) is 10.1 Å². The molecule has 0 atom stereocenters. The maximum absolute atomic E-state index is 12.8. The summed E-state index contributed by atoms with van der Waals surface area (Å²) in [6, 6.07) is 8.00. The predicted molar refractivity (Wildman–Crippen MR) is 117 cm³/mol. The molecule has 0 spiro atoms. The third kappa shape index (κ3) is 4.71. The maximum atomic E-state index is 12.8. The van der Waals surface area contributed by atoms with E-state index in [1.54, 1.807) is 6.21 Å². The standard InChI is InChI=1S/C20H27N9O2/c1-6-28(7-2)19-15(23-27-29(19)17-16(21)25-31-26-17)18(30)24-22-12-13-8-10-14(11-9-13)20(3,4)5/h8-12H,6-7H2,1-5H3,(H2,21,25)(H,24,30). The highest BCUT2D eigenvalue weighted by Crippen LogP contribution is 2.24. The van der Waals surface area contributed by atoms with Crippen LogP contribution in [0.3, 0.4) is 0 Å². The van der Waals surface area contributed by atoms with E-state index < -0.39 is 5.91 Å². The van der Waals surface area contributed by atoms with E-state index in [0.29, 0.717) is 18.9 Å². The fourth-order valence-corrected chi connectivity index (χ4v) is 3.00. The van der Waals surface area contributed by atoms with Crippen molar-refractivity contribution in [1.82, 2.24) is 30.7 Å². The summed E-state index contributed by atoms with van der Waals surface area (Å²) in [5, 5.41) is 19.4. The SMILES string of the molecule is CCN(CC)c1c(C(=O)NN=Cc2ccc(C(C)(C)C)cc2)nnn1-c1nonc1N. The molecule has 0 fully saturated rings. The molecule has 1 aromatic carbocycles. The fraction of sp³-hybridized carbons (Fsp3) is 0.400. The van der Waals surface area contributed by atoms with E-state index in [1.807, 2.05) is 43.0 Å². The van der Waals surface area contributed by atoms with Crippen LogP contribution in [-0.2, 0) is 5.41 Å². The van der Waals surface area contributed by atoms with Gasteiger partial charge >= 0.3 is 0 Å². The minimum atomic E-state index is -0.509. The van der Waals surface area contributed by atoms with Crippen molar-refractivity contribution >= 4 is 23.8 Å². The Kier molecular flexibility index (Phi) is 6.33. The van der Waals surface area contributed by atoms with Crippen molar-refractivity contribution in [3.05, 3.63) is 41.1 Å². The van der Waals surface area contributed by atoms with Crippen molar-refractivity contribution in [2.24, 2.45) is 5.10 Å². The lowest BCUT2D eigenvalue weighted by Crippen LogP contribution is -2.29. The molecule has 164 valence electrons. The highest BCUT2D eigenvalue weighted by atomic mass is 16.6. The normalized spacial score (nSPS) is 11.8. The first-order valence-corrected chi connectivity index (χ1v) is 9.99. The number of nitrogen functional groups attached to an aromatic ring is 1. The number of nitrogens with two attached hydrogens (primary N) is 1. The summed E-state index contributed by atoms with van der Waals surface area (Å²) < 4.78 is 5.99. The Balaban J connectivity index is 1.82. The molecule has 3 aromatic rings. The summed E-state index contributed by atoms with van der Waals surface area (Å²) in [6.07, 6.45) is 1.57. The van der Waals surface area contributed by atoms with Crippen molar-refractivity contribution < 1.29 is 9.42 Å². The largest absolute Gasteiger partial charge is 0.378 e. The molecule has 0 radical (unpaired) electrons. The van der Waals surface area contributed by atoms with Crippen LogP contribution in [0.4, 0.5) is 11.6 Å². The fourth-order valence-electron chi connectivity index (χ4n) is 3.00. The van der Waals surface area contributed by atoms with Gasteiger partial charge in [-0.2, -0.15) is 9.78 Å². The molecule has 1 amide bonds. The molecule has 0 aliphatic carbocycles. The van der Waals surface area contributed by atoms with Crippen LogP contribution in [0.15, 0.2) is 34.0 Å². The summed E-state index contributed by atoms with van der Waals surface area (Å²) in [6.45, 7) is 11.6. The number of nitrogens with one attached hydrogen (secondary N) is 1. The highest BCUT2D eigenvalue weighted by Gasteiger charge is 2.27. The minimum Gasteiger partial charge on any atom is -0.378 e. The number of hydrogen-bond acceptors (Lipinski definition) is 9. The van der Waals surface area contributed by atoms with Gasteiger partial charge in [0.05, 0.1) is 6.21 Å². The first-order chi connectivity index (χ1) is 14.8. The summed E-state index contributed by atoms with van der Waals surface area (Å²) in [5.41, 5.74) is 10.5. The van der Waals surface area contributed by atoms with Gasteiger partial charge in [0.2, 0.25) is 11.6 Å². The summed E-state index contributed by atoms with van der Waals surface area (Å²) in [7, 11) is 0. The Morgan fingerprint density at radius 2 is 1.90 bits per heavy atom. The van der Waals surface area contributed by atoms with Gasteiger partial charge in [0.25, 0.3) is 5.91 Å². The van der Waals surface area contributed by atoms with E-state index >= 15 is 0 Å². The van der Waals surface area contributed by atoms with Crippen LogP contribution in [0.1, 0.15) is 56.2 Å². The Labute approximate surface area is 180 Å². The molecule has 3 N–H and O–H groups in total. The second kappa shape index (κ2) is 8.94. The predicted octanol–water partition coefficient (Wildman–Crippen LogP) is 2.14. The van der Waals surface area contributed by atoms with Crippen LogP contribution in [0, 0.1) is 0 Å². The average molecular weight is 425 g/mol. The number of hydrazone groups is 1.